The third kappa shape index (κ3) is 1.52. The second-order valence-electron chi connectivity index (χ2n) is 1.85. The fourth-order valence-corrected chi connectivity index (χ4v) is 8.00. The number of rotatable bonds is 0. The minimum atomic E-state index is 0.0793. The summed E-state index contributed by atoms with van der Waals surface area (Å²) in [6, 6.07) is 0. The molecule has 2 rings (SSSR count). The van der Waals surface area contributed by atoms with E-state index in [1.807, 2.05) is 8.93 Å². The molecule has 0 saturated heterocycles. The number of hydrogen-bond acceptors (Lipinski definition) is 3. The zero-order valence-electron chi connectivity index (χ0n) is 5.09. The van der Waals surface area contributed by atoms with Crippen molar-refractivity contribution in [2.45, 2.75) is 7.86 Å². The molecule has 1 unspecified atom stereocenters. The second-order valence-corrected chi connectivity index (χ2v) is 9.65. The van der Waals surface area contributed by atoms with Crippen LogP contribution in [0, 0.1) is 0 Å². The Hall–Kier alpha value is 0.930. The Morgan fingerprint density at radius 1 is 1.64 bits per heavy atom. The van der Waals surface area contributed by atoms with Gasteiger partial charge in [0, 0.05) is 0 Å². The van der Waals surface area contributed by atoms with E-state index in [0.29, 0.717) is 7.99 Å². The predicted octanol–water partition coefficient (Wildman–Crippen LogP) is -0.367. The van der Waals surface area contributed by atoms with Gasteiger partial charge < -0.3 is 0 Å². The topological polar surface area (TPSA) is 25.8 Å². The van der Waals surface area contributed by atoms with E-state index in [-0.39, 0.29) is 19.8 Å². The van der Waals surface area contributed by atoms with Gasteiger partial charge in [-0.25, -0.2) is 0 Å². The van der Waals surface area contributed by atoms with Gasteiger partial charge in [-0.05, 0) is 0 Å². The zero-order valence-corrected chi connectivity index (χ0v) is 10.4. The molecular formula is C5H2BrClIN2S-. The van der Waals surface area contributed by atoms with Crippen LogP contribution in [0.4, 0.5) is 0 Å². The van der Waals surface area contributed by atoms with Crippen LogP contribution in [0.2, 0.25) is 5.15 Å². The van der Waals surface area contributed by atoms with Gasteiger partial charge in [0.25, 0.3) is 0 Å². The van der Waals surface area contributed by atoms with Gasteiger partial charge in [0.1, 0.15) is 0 Å². The van der Waals surface area contributed by atoms with Gasteiger partial charge in [0.15, 0.2) is 0 Å². The molecule has 0 N–H and O–H groups in total. The van der Waals surface area contributed by atoms with Crippen molar-refractivity contribution < 1.29 is 19.8 Å². The maximum atomic E-state index is 5.89. The number of aromatic nitrogens is 2. The average Bonchev–Trinajstić information content (AvgIpc) is 2.34. The minimum absolute atomic E-state index is 0.0793. The molecule has 0 spiro atoms. The van der Waals surface area contributed by atoms with Crippen molar-refractivity contribution in [3.8, 4) is 0 Å². The molecule has 1 aliphatic rings. The fourth-order valence-electron chi connectivity index (χ4n) is 0.730. The van der Waals surface area contributed by atoms with Gasteiger partial charge in [0.05, 0.1) is 0 Å². The standard InChI is InChI=1S/C5H2BrClIN2S/c6-3-2-4(7)9-1-10-5(2)11-8-3/h1,3H/q-1. The third-order valence-corrected chi connectivity index (χ3v) is 9.51. The summed E-state index contributed by atoms with van der Waals surface area (Å²) in [7, 11) is 1.82. The van der Waals surface area contributed by atoms with E-state index in [1.165, 1.54) is 6.33 Å². The van der Waals surface area contributed by atoms with E-state index in [0.717, 1.165) is 10.6 Å². The van der Waals surface area contributed by atoms with Crippen molar-refractivity contribution >= 4 is 36.5 Å². The Balaban J connectivity index is 2.58. The molecule has 6 heteroatoms. The summed E-state index contributed by atoms with van der Waals surface area (Å²) in [6.45, 7) is 0. The first-order chi connectivity index (χ1) is 5.29. The summed E-state index contributed by atoms with van der Waals surface area (Å²) < 4.78 is 0.426. The molecule has 2 nitrogen and oxygen atoms in total. The number of alkyl halides is 2. The molecule has 0 saturated carbocycles. The summed E-state index contributed by atoms with van der Waals surface area (Å²) in [5.41, 5.74) is 1.09. The molecule has 1 atom stereocenters. The van der Waals surface area contributed by atoms with Crippen molar-refractivity contribution in [2.24, 2.45) is 0 Å². The number of hydrogen-bond donors (Lipinski definition) is 0. The van der Waals surface area contributed by atoms with Crippen molar-refractivity contribution in [3.63, 3.8) is 0 Å². The Kier molecular flexibility index (Phi) is 2.60. The van der Waals surface area contributed by atoms with E-state index in [9.17, 15) is 0 Å². The molecule has 0 radical (unpaired) electrons. The SMILES string of the molecule is Clc1ncnc2c1C(Br)[I-]S2. The number of halogens is 3. The summed E-state index contributed by atoms with van der Waals surface area (Å²) in [5, 5.41) is 1.65. The van der Waals surface area contributed by atoms with Crippen molar-refractivity contribution in [1.29, 1.82) is 0 Å². The van der Waals surface area contributed by atoms with Crippen molar-refractivity contribution in [1.82, 2.24) is 9.97 Å². The van der Waals surface area contributed by atoms with E-state index in [1.54, 1.807) is 0 Å². The maximum absolute atomic E-state index is 5.89. The van der Waals surface area contributed by atoms with E-state index >= 15 is 0 Å². The average molecular weight is 364 g/mol. The molecule has 1 aliphatic heterocycles. The first-order valence-corrected chi connectivity index (χ1v) is 8.63. The van der Waals surface area contributed by atoms with Crippen LogP contribution in [0.15, 0.2) is 11.4 Å². The summed E-state index contributed by atoms with van der Waals surface area (Å²) >= 11 is 9.52. The summed E-state index contributed by atoms with van der Waals surface area (Å²) in [5.74, 6) is 0. The van der Waals surface area contributed by atoms with E-state index in [2.05, 4.69) is 25.9 Å². The molecule has 2 heterocycles. The van der Waals surface area contributed by atoms with Crippen LogP contribution in [-0.4, -0.2) is 9.97 Å². The fraction of sp³-hybridized carbons (Fsp3) is 0.200. The van der Waals surface area contributed by atoms with Crippen molar-refractivity contribution in [3.05, 3.63) is 17.0 Å². The van der Waals surface area contributed by atoms with Gasteiger partial charge in [0.2, 0.25) is 0 Å². The van der Waals surface area contributed by atoms with E-state index < -0.39 is 0 Å². The Morgan fingerprint density at radius 2 is 2.45 bits per heavy atom. The molecule has 1 aromatic heterocycles. The van der Waals surface area contributed by atoms with Gasteiger partial charge in [-0.2, -0.15) is 0 Å². The molecule has 0 amide bonds. The third-order valence-electron chi connectivity index (χ3n) is 1.21. The van der Waals surface area contributed by atoms with Gasteiger partial charge in [-0.15, -0.1) is 0 Å². The molecule has 11 heavy (non-hydrogen) atoms. The normalized spacial score (nSPS) is 22.5. The molecule has 60 valence electrons. The van der Waals surface area contributed by atoms with Gasteiger partial charge in [-0.3, -0.25) is 0 Å². The Bertz CT molecular complexity index is 298. The first kappa shape index (κ1) is 8.52. The van der Waals surface area contributed by atoms with Crippen LogP contribution >= 0.6 is 36.5 Å². The Labute approximate surface area is 90.4 Å². The molecule has 0 bridgehead atoms. The van der Waals surface area contributed by atoms with Gasteiger partial charge in [-0.1, -0.05) is 0 Å². The Morgan fingerprint density at radius 3 is 3.18 bits per heavy atom. The molecular weight excluding hydrogens is 362 g/mol. The number of fused-ring (bicyclic) bond motifs is 1. The quantitative estimate of drug-likeness (QED) is 0.357. The van der Waals surface area contributed by atoms with Crippen LogP contribution in [0.5, 0.6) is 0 Å². The summed E-state index contributed by atoms with van der Waals surface area (Å²) in [4.78, 5) is 8.07. The molecule has 0 fully saturated rings. The van der Waals surface area contributed by atoms with Gasteiger partial charge >= 0.3 is 91.2 Å². The van der Waals surface area contributed by atoms with Crippen LogP contribution < -0.4 is 19.8 Å². The number of nitrogens with zero attached hydrogens (tertiary/aromatic N) is 2. The van der Waals surface area contributed by atoms with Crippen LogP contribution in [0.1, 0.15) is 8.40 Å². The van der Waals surface area contributed by atoms with Crippen LogP contribution in [0.3, 0.4) is 0 Å². The zero-order chi connectivity index (χ0) is 7.84. The monoisotopic (exact) mass is 363 g/mol. The van der Waals surface area contributed by atoms with Crippen LogP contribution in [0.25, 0.3) is 0 Å². The van der Waals surface area contributed by atoms with Crippen LogP contribution in [-0.2, 0) is 0 Å². The first-order valence-electron chi connectivity index (χ1n) is 2.74. The molecule has 0 aliphatic carbocycles. The summed E-state index contributed by atoms with van der Waals surface area (Å²) in [6.07, 6.45) is 1.52. The second kappa shape index (κ2) is 3.35. The van der Waals surface area contributed by atoms with Crippen molar-refractivity contribution in [2.75, 3.05) is 0 Å². The van der Waals surface area contributed by atoms with E-state index in [4.69, 9.17) is 11.6 Å². The molecule has 1 aromatic rings. The molecule has 0 aromatic carbocycles. The predicted molar refractivity (Wildman–Crippen MR) is 44.6 cm³/mol.